The van der Waals surface area contributed by atoms with Crippen molar-refractivity contribution in [2.24, 2.45) is 11.8 Å². The fraction of sp³-hybridized carbons (Fsp3) is 0.636. The Kier molecular flexibility index (Phi) is 3.75. The van der Waals surface area contributed by atoms with Gasteiger partial charge < -0.3 is 15.4 Å². The van der Waals surface area contributed by atoms with Crippen molar-refractivity contribution in [2.75, 3.05) is 30.0 Å². The first-order chi connectivity index (χ1) is 8.26. The third kappa shape index (κ3) is 2.48. The number of aliphatic hydroxyl groups excluding tert-OH is 1. The zero-order chi connectivity index (χ0) is 12.3. The van der Waals surface area contributed by atoms with Gasteiger partial charge in [0.1, 0.15) is 18.0 Å². The Hall–Kier alpha value is -1.40. The lowest BCUT2D eigenvalue weighted by atomic mass is 10.1. The van der Waals surface area contributed by atoms with Gasteiger partial charge in [0, 0.05) is 25.3 Å². The molecule has 17 heavy (non-hydrogen) atoms. The maximum atomic E-state index is 8.95. The molecule has 0 radical (unpaired) electrons. The molecule has 0 aliphatic carbocycles. The van der Waals surface area contributed by atoms with Crippen molar-refractivity contribution < 1.29 is 5.11 Å². The maximum absolute atomic E-state index is 8.95. The average molecular weight is 237 g/mol. The average Bonchev–Trinajstić information content (AvgIpc) is 2.78. The van der Waals surface area contributed by atoms with E-state index in [9.17, 15) is 0 Å². The first kappa shape index (κ1) is 12.1. The predicted molar refractivity (Wildman–Crippen MR) is 66.6 cm³/mol. The fourth-order valence-electron chi connectivity index (χ4n) is 2.35. The molecule has 2 rings (SSSR count). The van der Waals surface area contributed by atoms with Gasteiger partial charge in [-0.2, -0.15) is 0 Å². The van der Waals surface area contributed by atoms with E-state index in [2.05, 4.69) is 20.3 Å². The van der Waals surface area contributed by atoms with Crippen LogP contribution >= 0.6 is 0 Å². The number of aromatic nitrogens is 2. The second kappa shape index (κ2) is 5.29. The Morgan fingerprint density at radius 2 is 2.41 bits per heavy atom. The summed E-state index contributed by atoms with van der Waals surface area (Å²) >= 11 is 0. The SMILES string of the molecule is Cc1c(NN)ncnc1N1CCC(CCO)C1. The van der Waals surface area contributed by atoms with E-state index in [4.69, 9.17) is 10.9 Å². The van der Waals surface area contributed by atoms with Gasteiger partial charge in [0.05, 0.1) is 0 Å². The molecule has 1 aromatic rings. The highest BCUT2D eigenvalue weighted by molar-refractivity contribution is 5.57. The number of aliphatic hydroxyl groups is 1. The zero-order valence-corrected chi connectivity index (χ0v) is 10.1. The van der Waals surface area contributed by atoms with Crippen molar-refractivity contribution in [3.63, 3.8) is 0 Å². The molecule has 0 bridgehead atoms. The third-order valence-corrected chi connectivity index (χ3v) is 3.32. The molecular weight excluding hydrogens is 218 g/mol. The molecule has 1 aromatic heterocycles. The van der Waals surface area contributed by atoms with Gasteiger partial charge in [0.15, 0.2) is 0 Å². The molecule has 1 aliphatic heterocycles. The summed E-state index contributed by atoms with van der Waals surface area (Å²) in [6.45, 7) is 4.15. The van der Waals surface area contributed by atoms with E-state index in [0.717, 1.165) is 37.3 Å². The molecule has 0 saturated carbocycles. The molecule has 2 heterocycles. The number of nitrogens with zero attached hydrogens (tertiary/aromatic N) is 3. The normalized spacial score (nSPS) is 19.7. The van der Waals surface area contributed by atoms with Gasteiger partial charge in [-0.05, 0) is 25.7 Å². The Balaban J connectivity index is 2.13. The third-order valence-electron chi connectivity index (χ3n) is 3.32. The van der Waals surface area contributed by atoms with Crippen LogP contribution in [0.1, 0.15) is 18.4 Å². The quantitative estimate of drug-likeness (QED) is 0.515. The lowest BCUT2D eigenvalue weighted by Gasteiger charge is -2.20. The minimum Gasteiger partial charge on any atom is -0.396 e. The van der Waals surface area contributed by atoms with Crippen molar-refractivity contribution >= 4 is 11.6 Å². The highest BCUT2D eigenvalue weighted by Gasteiger charge is 2.24. The number of nitrogens with two attached hydrogens (primary N) is 1. The molecule has 1 unspecified atom stereocenters. The number of anilines is 2. The molecule has 0 aromatic carbocycles. The van der Waals surface area contributed by atoms with Crippen molar-refractivity contribution in [3.05, 3.63) is 11.9 Å². The highest BCUT2D eigenvalue weighted by atomic mass is 16.3. The van der Waals surface area contributed by atoms with Crippen LogP contribution in [0.4, 0.5) is 11.6 Å². The fourth-order valence-corrected chi connectivity index (χ4v) is 2.35. The number of nitrogen functional groups attached to an aromatic ring is 1. The van der Waals surface area contributed by atoms with Gasteiger partial charge in [0.25, 0.3) is 0 Å². The van der Waals surface area contributed by atoms with Gasteiger partial charge in [-0.25, -0.2) is 15.8 Å². The van der Waals surface area contributed by atoms with E-state index in [1.54, 1.807) is 0 Å². The molecule has 1 fully saturated rings. The Labute approximate surface area is 101 Å². The second-order valence-corrected chi connectivity index (χ2v) is 4.43. The number of hydrogen-bond donors (Lipinski definition) is 3. The highest BCUT2D eigenvalue weighted by Crippen LogP contribution is 2.28. The van der Waals surface area contributed by atoms with Crippen LogP contribution in [0, 0.1) is 12.8 Å². The lowest BCUT2D eigenvalue weighted by molar-refractivity contribution is 0.263. The summed E-state index contributed by atoms with van der Waals surface area (Å²) in [5.41, 5.74) is 3.55. The van der Waals surface area contributed by atoms with Crippen LogP contribution < -0.4 is 16.2 Å². The van der Waals surface area contributed by atoms with E-state index in [0.29, 0.717) is 11.7 Å². The zero-order valence-electron chi connectivity index (χ0n) is 10.1. The summed E-state index contributed by atoms with van der Waals surface area (Å²) in [4.78, 5) is 10.6. The van der Waals surface area contributed by atoms with Crippen LogP contribution in [0.2, 0.25) is 0 Å². The molecule has 94 valence electrons. The van der Waals surface area contributed by atoms with Crippen molar-refractivity contribution in [1.29, 1.82) is 0 Å². The second-order valence-electron chi connectivity index (χ2n) is 4.43. The topological polar surface area (TPSA) is 87.3 Å². The minimum atomic E-state index is 0.261. The Morgan fingerprint density at radius 1 is 1.59 bits per heavy atom. The Morgan fingerprint density at radius 3 is 3.12 bits per heavy atom. The number of hydrogen-bond acceptors (Lipinski definition) is 6. The summed E-state index contributed by atoms with van der Waals surface area (Å²) in [6, 6.07) is 0. The van der Waals surface area contributed by atoms with Crippen molar-refractivity contribution in [3.8, 4) is 0 Å². The van der Waals surface area contributed by atoms with Gasteiger partial charge in [-0.1, -0.05) is 0 Å². The van der Waals surface area contributed by atoms with Gasteiger partial charge >= 0.3 is 0 Å². The van der Waals surface area contributed by atoms with Crippen LogP contribution in [-0.4, -0.2) is 34.8 Å². The van der Waals surface area contributed by atoms with Crippen LogP contribution in [0.15, 0.2) is 6.33 Å². The summed E-state index contributed by atoms with van der Waals surface area (Å²) in [5.74, 6) is 7.57. The smallest absolute Gasteiger partial charge is 0.148 e. The predicted octanol–water partition coefficient (Wildman–Crippen LogP) is 0.279. The molecule has 1 saturated heterocycles. The van der Waals surface area contributed by atoms with Gasteiger partial charge in [-0.3, -0.25) is 0 Å². The van der Waals surface area contributed by atoms with E-state index in [-0.39, 0.29) is 6.61 Å². The summed E-state index contributed by atoms with van der Waals surface area (Å²) in [6.07, 6.45) is 3.49. The van der Waals surface area contributed by atoms with Gasteiger partial charge in [0.2, 0.25) is 0 Å². The number of rotatable bonds is 4. The van der Waals surface area contributed by atoms with E-state index in [1.165, 1.54) is 6.33 Å². The van der Waals surface area contributed by atoms with Crippen LogP contribution in [-0.2, 0) is 0 Å². The number of nitrogens with one attached hydrogen (secondary N) is 1. The van der Waals surface area contributed by atoms with Crippen molar-refractivity contribution in [2.45, 2.75) is 19.8 Å². The Bertz CT molecular complexity index is 384. The van der Waals surface area contributed by atoms with Crippen molar-refractivity contribution in [1.82, 2.24) is 9.97 Å². The van der Waals surface area contributed by atoms with Gasteiger partial charge in [-0.15, -0.1) is 0 Å². The largest absolute Gasteiger partial charge is 0.396 e. The lowest BCUT2D eigenvalue weighted by Crippen LogP contribution is -2.23. The molecule has 0 amide bonds. The summed E-state index contributed by atoms with van der Waals surface area (Å²) < 4.78 is 0. The van der Waals surface area contributed by atoms with E-state index in [1.807, 2.05) is 6.92 Å². The molecule has 0 spiro atoms. The van der Waals surface area contributed by atoms with Crippen LogP contribution in [0.3, 0.4) is 0 Å². The maximum Gasteiger partial charge on any atom is 0.148 e. The molecule has 6 heteroatoms. The molecule has 1 aliphatic rings. The molecule has 4 N–H and O–H groups in total. The van der Waals surface area contributed by atoms with Crippen LogP contribution in [0.5, 0.6) is 0 Å². The molecule has 6 nitrogen and oxygen atoms in total. The summed E-state index contributed by atoms with van der Waals surface area (Å²) in [5, 5.41) is 8.95. The first-order valence-electron chi connectivity index (χ1n) is 5.90. The number of hydrazine groups is 1. The van der Waals surface area contributed by atoms with Crippen LogP contribution in [0.25, 0.3) is 0 Å². The first-order valence-corrected chi connectivity index (χ1v) is 5.90. The monoisotopic (exact) mass is 237 g/mol. The standard InChI is InChI=1S/C11H19N5O/c1-8-10(15-12)13-7-14-11(8)16-4-2-9(6-16)3-5-17/h7,9,17H,2-6,12H2,1H3,(H,13,14,15). The minimum absolute atomic E-state index is 0.261. The molecule has 1 atom stereocenters. The van der Waals surface area contributed by atoms with E-state index >= 15 is 0 Å². The van der Waals surface area contributed by atoms with E-state index < -0.39 is 0 Å². The molecular formula is C11H19N5O. The summed E-state index contributed by atoms with van der Waals surface area (Å²) in [7, 11) is 0.